The molecule has 192 valence electrons. The zero-order valence-corrected chi connectivity index (χ0v) is 20.3. The fourth-order valence-corrected chi connectivity index (χ4v) is 5.11. The highest BCUT2D eigenvalue weighted by Gasteiger charge is 2.48. The Morgan fingerprint density at radius 3 is 2.66 bits per heavy atom. The highest BCUT2D eigenvalue weighted by Crippen LogP contribution is 2.49. The average Bonchev–Trinajstić information content (AvgIpc) is 3.60. The Morgan fingerprint density at radius 2 is 1.95 bits per heavy atom. The molecule has 1 N–H and O–H groups in total. The number of carbonyl (C=O) groups excluding carboxylic acids is 1. The Balaban J connectivity index is 1.37. The van der Waals surface area contributed by atoms with Crippen molar-refractivity contribution in [2.75, 3.05) is 5.32 Å². The van der Waals surface area contributed by atoms with Crippen molar-refractivity contribution in [2.24, 2.45) is 0 Å². The second kappa shape index (κ2) is 8.87. The van der Waals surface area contributed by atoms with Gasteiger partial charge in [0.25, 0.3) is 0 Å². The van der Waals surface area contributed by atoms with Crippen LogP contribution in [0.3, 0.4) is 0 Å². The zero-order chi connectivity index (χ0) is 26.6. The van der Waals surface area contributed by atoms with Crippen LogP contribution in [0.15, 0.2) is 55.2 Å². The van der Waals surface area contributed by atoms with Crippen molar-refractivity contribution in [3.8, 4) is 11.5 Å². The molecule has 0 fully saturated rings. The van der Waals surface area contributed by atoms with E-state index in [9.17, 15) is 18.0 Å². The Kier molecular flexibility index (Phi) is 5.60. The summed E-state index contributed by atoms with van der Waals surface area (Å²) >= 11 is 6.39. The number of aromatic nitrogens is 8. The predicted octanol–water partition coefficient (Wildman–Crippen LogP) is 4.40. The maximum absolute atomic E-state index is 14.1. The number of halogens is 4. The first-order valence-corrected chi connectivity index (χ1v) is 11.7. The van der Waals surface area contributed by atoms with Crippen LogP contribution in [-0.4, -0.2) is 45.2 Å². The first kappa shape index (κ1) is 24.0. The molecule has 0 unspecified atom stereocenters. The number of hydrogen-bond acceptors (Lipinski definition) is 7. The van der Waals surface area contributed by atoms with E-state index in [0.29, 0.717) is 33.1 Å². The molecule has 0 bridgehead atoms. The Hall–Kier alpha value is -4.39. The molecule has 5 heterocycles. The molecule has 38 heavy (non-hydrogen) atoms. The zero-order valence-electron chi connectivity index (χ0n) is 19.6. The molecule has 6 rings (SSSR count). The van der Waals surface area contributed by atoms with Crippen molar-refractivity contribution in [2.45, 2.75) is 31.2 Å². The number of anilines is 1. The fourth-order valence-electron chi connectivity index (χ4n) is 4.86. The van der Waals surface area contributed by atoms with Crippen LogP contribution in [0.5, 0.6) is 0 Å². The van der Waals surface area contributed by atoms with Gasteiger partial charge in [-0.15, -0.1) is 5.10 Å². The van der Waals surface area contributed by atoms with E-state index in [1.165, 1.54) is 29.0 Å². The molecule has 0 spiro atoms. The quantitative estimate of drug-likeness (QED) is 0.352. The Morgan fingerprint density at radius 1 is 1.16 bits per heavy atom. The standard InChI is InChI=1S/C24H17ClF3N9O/c1-24(16-3-6-36(34-16)23(27)28)9-13(14-11-31-18-8-17(26)35-37(18)20(14)24)22(38)33-12-7-15(25)19(32-10-12)21-29-4-2-5-30-21/h2-8,10-11,13,23H,9H2,1H3,(H,33,38)/t13-,24+/m1/s1. The van der Waals surface area contributed by atoms with Crippen molar-refractivity contribution in [3.63, 3.8) is 0 Å². The highest BCUT2D eigenvalue weighted by molar-refractivity contribution is 6.33. The largest absolute Gasteiger partial charge is 0.333 e. The summed E-state index contributed by atoms with van der Waals surface area (Å²) in [5.74, 6) is -1.63. The van der Waals surface area contributed by atoms with E-state index in [-0.39, 0.29) is 22.8 Å². The predicted molar refractivity (Wildman–Crippen MR) is 129 cm³/mol. The van der Waals surface area contributed by atoms with Gasteiger partial charge in [-0.05, 0) is 31.5 Å². The molecule has 1 aliphatic rings. The fraction of sp³-hybridized carbons (Fsp3) is 0.208. The lowest BCUT2D eigenvalue weighted by Gasteiger charge is -2.23. The maximum atomic E-state index is 14.1. The van der Waals surface area contributed by atoms with Crippen LogP contribution in [0.1, 0.15) is 42.8 Å². The molecule has 1 aliphatic carbocycles. The average molecular weight is 540 g/mol. The number of rotatable bonds is 5. The van der Waals surface area contributed by atoms with Gasteiger partial charge >= 0.3 is 6.55 Å². The second-order valence-corrected chi connectivity index (χ2v) is 9.37. The molecule has 14 heteroatoms. The third-order valence-corrected chi connectivity index (χ3v) is 6.86. The van der Waals surface area contributed by atoms with Gasteiger partial charge in [-0.3, -0.25) is 4.79 Å². The van der Waals surface area contributed by atoms with Gasteiger partial charge in [0.05, 0.1) is 39.6 Å². The normalized spacial score (nSPS) is 18.7. The maximum Gasteiger partial charge on any atom is 0.333 e. The first-order chi connectivity index (χ1) is 18.2. The summed E-state index contributed by atoms with van der Waals surface area (Å²) in [6.45, 7) is -1.09. The van der Waals surface area contributed by atoms with Gasteiger partial charge in [-0.2, -0.15) is 18.3 Å². The van der Waals surface area contributed by atoms with E-state index >= 15 is 0 Å². The number of hydrogen-bond donors (Lipinski definition) is 1. The third kappa shape index (κ3) is 3.86. The van der Waals surface area contributed by atoms with Crippen LogP contribution in [0.2, 0.25) is 5.02 Å². The van der Waals surface area contributed by atoms with E-state index in [2.05, 4.69) is 35.5 Å². The molecule has 5 aromatic heterocycles. The van der Waals surface area contributed by atoms with Gasteiger partial charge in [0.1, 0.15) is 5.69 Å². The monoisotopic (exact) mass is 539 g/mol. The van der Waals surface area contributed by atoms with Gasteiger partial charge in [-0.25, -0.2) is 29.1 Å². The van der Waals surface area contributed by atoms with Crippen LogP contribution >= 0.6 is 11.6 Å². The molecule has 0 aromatic carbocycles. The van der Waals surface area contributed by atoms with Crippen molar-refractivity contribution in [3.05, 3.63) is 83.2 Å². The molecule has 0 aliphatic heterocycles. The van der Waals surface area contributed by atoms with E-state index < -0.39 is 29.7 Å². The molecule has 1 amide bonds. The number of nitrogens with one attached hydrogen (secondary N) is 1. The van der Waals surface area contributed by atoms with Crippen LogP contribution in [0.25, 0.3) is 17.2 Å². The number of fused-ring (bicyclic) bond motifs is 3. The van der Waals surface area contributed by atoms with Crippen molar-refractivity contribution >= 4 is 28.8 Å². The smallest absolute Gasteiger partial charge is 0.324 e. The minimum atomic E-state index is -2.84. The first-order valence-electron chi connectivity index (χ1n) is 11.4. The van der Waals surface area contributed by atoms with E-state index in [1.54, 1.807) is 25.4 Å². The van der Waals surface area contributed by atoms with Crippen LogP contribution in [0, 0.1) is 5.95 Å². The number of pyridine rings is 1. The van der Waals surface area contributed by atoms with Gasteiger partial charge in [-0.1, -0.05) is 11.6 Å². The van der Waals surface area contributed by atoms with Crippen LogP contribution < -0.4 is 5.32 Å². The van der Waals surface area contributed by atoms with Crippen molar-refractivity contribution < 1.29 is 18.0 Å². The second-order valence-electron chi connectivity index (χ2n) is 8.96. The third-order valence-electron chi connectivity index (χ3n) is 6.57. The topological polar surface area (TPSA) is 116 Å². The lowest BCUT2D eigenvalue weighted by atomic mass is 9.82. The molecule has 0 saturated carbocycles. The minimum absolute atomic E-state index is 0.147. The summed E-state index contributed by atoms with van der Waals surface area (Å²) in [4.78, 5) is 30.3. The highest BCUT2D eigenvalue weighted by atomic mass is 35.5. The summed E-state index contributed by atoms with van der Waals surface area (Å²) in [5.41, 5.74) is 1.05. The number of amides is 1. The summed E-state index contributed by atoms with van der Waals surface area (Å²) in [5, 5.41) is 11.0. The Labute approximate surface area is 217 Å². The Bertz CT molecular complexity index is 1690. The van der Waals surface area contributed by atoms with E-state index in [4.69, 9.17) is 11.6 Å². The molecule has 0 saturated heterocycles. The van der Waals surface area contributed by atoms with Crippen molar-refractivity contribution in [1.29, 1.82) is 0 Å². The summed E-state index contributed by atoms with van der Waals surface area (Å²) in [6, 6.07) is 5.80. The molecular weight excluding hydrogens is 523 g/mol. The molecule has 2 atom stereocenters. The molecule has 0 radical (unpaired) electrons. The SMILES string of the molecule is C[C@@]1(c2ccn(C(F)F)n2)C[C@@H](C(=O)Nc2cnc(-c3ncccn3)c(Cl)c2)c2cnc3cc(F)nn3c21. The molecule has 10 nitrogen and oxygen atoms in total. The number of alkyl halides is 2. The van der Waals surface area contributed by atoms with E-state index in [1.807, 2.05) is 0 Å². The van der Waals surface area contributed by atoms with Gasteiger partial charge in [0.2, 0.25) is 11.9 Å². The number of nitrogens with zero attached hydrogens (tertiary/aromatic N) is 8. The minimum Gasteiger partial charge on any atom is -0.324 e. The molecule has 5 aromatic rings. The van der Waals surface area contributed by atoms with Gasteiger partial charge < -0.3 is 5.32 Å². The summed E-state index contributed by atoms with van der Waals surface area (Å²) in [6.07, 6.45) is 7.34. The lowest BCUT2D eigenvalue weighted by molar-refractivity contribution is -0.117. The molecular formula is C24H17ClF3N9O. The van der Waals surface area contributed by atoms with Crippen LogP contribution in [0.4, 0.5) is 18.9 Å². The summed E-state index contributed by atoms with van der Waals surface area (Å²) in [7, 11) is 0. The van der Waals surface area contributed by atoms with Gasteiger partial charge in [0.15, 0.2) is 11.5 Å². The summed E-state index contributed by atoms with van der Waals surface area (Å²) < 4.78 is 42.5. The van der Waals surface area contributed by atoms with Crippen LogP contribution in [-0.2, 0) is 10.2 Å². The van der Waals surface area contributed by atoms with E-state index in [0.717, 1.165) is 12.3 Å². The number of carbonyl (C=O) groups is 1. The van der Waals surface area contributed by atoms with Crippen molar-refractivity contribution in [1.82, 2.24) is 39.3 Å². The van der Waals surface area contributed by atoms with Gasteiger partial charge in [0, 0.05) is 36.4 Å². The lowest BCUT2D eigenvalue weighted by Crippen LogP contribution is -2.26.